The zero-order valence-electron chi connectivity index (χ0n) is 35.5. The molecule has 0 aromatic carbocycles. The second-order valence-electron chi connectivity index (χ2n) is 21.3. The molecule has 60 heavy (non-hydrogen) atoms. The first kappa shape index (κ1) is 41.7. The molecule has 8 bridgehead atoms. The van der Waals surface area contributed by atoms with Gasteiger partial charge < -0.3 is 50.1 Å². The zero-order chi connectivity index (χ0) is 41.8. The molecule has 14 heteroatoms. The molecule has 0 aromatic heterocycles. The molecule has 14 nitrogen and oxygen atoms in total. The molecule has 0 aromatic rings. The van der Waals surface area contributed by atoms with Gasteiger partial charge >= 0.3 is 12.1 Å². The number of amides is 6. The average molecular weight is 829 g/mol. The van der Waals surface area contributed by atoms with Crippen molar-refractivity contribution in [3.63, 3.8) is 0 Å². The molecule has 12 rings (SSSR count). The van der Waals surface area contributed by atoms with Crippen molar-refractivity contribution in [3.05, 3.63) is 22.8 Å². The van der Waals surface area contributed by atoms with E-state index in [1.54, 1.807) is 0 Å². The zero-order valence-corrected chi connectivity index (χ0v) is 35.5. The van der Waals surface area contributed by atoms with Crippen molar-refractivity contribution in [3.8, 4) is 0 Å². The van der Waals surface area contributed by atoms with E-state index in [1.165, 1.54) is 0 Å². The van der Waals surface area contributed by atoms with Crippen LogP contribution in [0, 0.1) is 59.5 Å². The van der Waals surface area contributed by atoms with Gasteiger partial charge in [-0.2, -0.15) is 0 Å². The number of likely N-dealkylation sites (tertiary alicyclic amines) is 4. The summed E-state index contributed by atoms with van der Waals surface area (Å²) in [6, 6.07) is 0.288. The van der Waals surface area contributed by atoms with Crippen LogP contribution in [0.4, 0.5) is 9.59 Å². The molecule has 8 saturated carbocycles. The van der Waals surface area contributed by atoms with Crippen molar-refractivity contribution in [2.45, 2.75) is 152 Å². The molecule has 4 unspecified atom stereocenters. The Kier molecular flexibility index (Phi) is 11.8. The van der Waals surface area contributed by atoms with E-state index < -0.39 is 0 Å². The third kappa shape index (κ3) is 8.09. The Labute approximate surface area is 356 Å². The fourth-order valence-electron chi connectivity index (χ4n) is 14.5. The lowest BCUT2D eigenvalue weighted by molar-refractivity contribution is -0.164. The Morgan fingerprint density at radius 1 is 0.500 bits per heavy atom. The summed E-state index contributed by atoms with van der Waals surface area (Å²) < 4.78 is 0. The Bertz CT molecular complexity index is 1570. The number of nitrogens with zero attached hydrogens (tertiary/aromatic N) is 6. The molecule has 12 fully saturated rings. The van der Waals surface area contributed by atoms with E-state index in [1.807, 2.05) is 19.6 Å². The summed E-state index contributed by atoms with van der Waals surface area (Å²) in [7, 11) is 0. The number of hydrogen-bond acceptors (Lipinski definition) is 6. The second kappa shape index (κ2) is 16.9. The number of urea groups is 2. The minimum atomic E-state index is -0.288. The largest absolute Gasteiger partial charge is 0.393 e. The third-order valence-electron chi connectivity index (χ3n) is 17.3. The van der Waals surface area contributed by atoms with Crippen molar-refractivity contribution >= 4 is 23.9 Å². The van der Waals surface area contributed by atoms with Crippen LogP contribution in [0.2, 0.25) is 0 Å². The van der Waals surface area contributed by atoms with Crippen molar-refractivity contribution in [1.82, 2.24) is 30.2 Å². The minimum Gasteiger partial charge on any atom is -0.393 e. The Balaban J connectivity index is 0.000000154. The van der Waals surface area contributed by atoms with Gasteiger partial charge in [0.15, 0.2) is 0 Å². The summed E-state index contributed by atoms with van der Waals surface area (Å²) in [4.78, 5) is 67.5. The van der Waals surface area contributed by atoms with Crippen LogP contribution in [0.1, 0.15) is 116 Å². The van der Waals surface area contributed by atoms with Crippen molar-refractivity contribution in [2.24, 2.45) is 46.3 Å². The first-order chi connectivity index (χ1) is 28.9. The summed E-state index contributed by atoms with van der Waals surface area (Å²) in [5.74, 6) is 2.72. The first-order valence-electron chi connectivity index (χ1n) is 23.7. The van der Waals surface area contributed by atoms with Gasteiger partial charge in [-0.05, 0) is 125 Å². The van der Waals surface area contributed by atoms with Crippen LogP contribution in [0.5, 0.6) is 0 Å². The highest BCUT2D eigenvalue weighted by Gasteiger charge is 2.59. The van der Waals surface area contributed by atoms with Crippen molar-refractivity contribution in [2.75, 3.05) is 52.4 Å². The van der Waals surface area contributed by atoms with Crippen LogP contribution in [-0.4, -0.2) is 142 Å². The molecule has 0 spiro atoms. The molecular weight excluding hydrogens is 761 g/mol. The maximum atomic E-state index is 13.4. The molecule has 4 N–H and O–H groups in total. The molecule has 6 amide bonds. The highest BCUT2D eigenvalue weighted by atomic mass is 16.3. The van der Waals surface area contributed by atoms with E-state index in [0.29, 0.717) is 74.8 Å². The molecule has 12 aliphatic rings. The number of hydrogen-bond donors (Lipinski definition) is 4. The number of piperidine rings is 4. The van der Waals surface area contributed by atoms with Crippen LogP contribution < -0.4 is 10.6 Å². The van der Waals surface area contributed by atoms with Gasteiger partial charge in [-0.15, -0.1) is 0 Å². The van der Waals surface area contributed by atoms with E-state index in [-0.39, 0.29) is 71.1 Å². The van der Waals surface area contributed by atoms with E-state index in [2.05, 4.69) is 20.3 Å². The predicted octanol–water partition coefficient (Wildman–Crippen LogP) is 4.52. The predicted molar refractivity (Wildman–Crippen MR) is 223 cm³/mol. The van der Waals surface area contributed by atoms with Crippen LogP contribution in [0.25, 0.3) is 9.69 Å². The summed E-state index contributed by atoms with van der Waals surface area (Å²) in [6.45, 7) is 19.7. The van der Waals surface area contributed by atoms with Crippen molar-refractivity contribution in [1.29, 1.82) is 0 Å². The normalized spacial score (nSPS) is 40.9. The van der Waals surface area contributed by atoms with Gasteiger partial charge in [0, 0.05) is 90.1 Å². The van der Waals surface area contributed by atoms with E-state index in [4.69, 9.17) is 13.1 Å². The Hall–Kier alpha value is -3.62. The third-order valence-corrected chi connectivity index (χ3v) is 17.3. The van der Waals surface area contributed by atoms with Gasteiger partial charge in [0.1, 0.15) is 0 Å². The van der Waals surface area contributed by atoms with Gasteiger partial charge in [-0.1, -0.05) is 0 Å². The lowest BCUT2D eigenvalue weighted by atomic mass is 9.48. The molecular formula is C46H68N8O6. The smallest absolute Gasteiger partial charge is 0.320 e. The highest BCUT2D eigenvalue weighted by molar-refractivity contribution is 5.84. The molecule has 328 valence electrons. The van der Waals surface area contributed by atoms with E-state index in [0.717, 1.165) is 129 Å². The van der Waals surface area contributed by atoms with E-state index >= 15 is 0 Å². The summed E-state index contributed by atoms with van der Waals surface area (Å²) in [5.41, 5.74) is -0.576. The lowest BCUT2D eigenvalue weighted by Crippen LogP contribution is -2.61. The van der Waals surface area contributed by atoms with E-state index in [9.17, 15) is 29.4 Å². The fraction of sp³-hybridized carbons (Fsp3) is 0.870. The van der Waals surface area contributed by atoms with Crippen LogP contribution in [-0.2, 0) is 9.59 Å². The summed E-state index contributed by atoms with van der Waals surface area (Å²) in [5, 5.41) is 27.6. The van der Waals surface area contributed by atoms with Gasteiger partial charge in [-0.3, -0.25) is 9.59 Å². The maximum absolute atomic E-state index is 13.4. The summed E-state index contributed by atoms with van der Waals surface area (Å²) in [6.07, 6.45) is 15.9. The van der Waals surface area contributed by atoms with Crippen LogP contribution in [0.3, 0.4) is 0 Å². The summed E-state index contributed by atoms with van der Waals surface area (Å²) >= 11 is 0. The maximum Gasteiger partial charge on any atom is 0.320 e. The SMILES string of the molecule is [C-]#[N+]C1CCN(C(=O)N2CCC[C@H](NC(=O)C34CC5CC(C3)C(O)C(C5)C4)C2)CC1.[C-]#[N+]C1CCN(C(=O)N2CCC[C@H](NC(=O)C34CC5CC(C3)C(O)C(C5)C4)C2)CC1. The van der Waals surface area contributed by atoms with Gasteiger partial charge in [0.25, 0.3) is 0 Å². The fourth-order valence-corrected chi connectivity index (χ4v) is 14.5. The minimum absolute atomic E-state index is 0.0221. The monoisotopic (exact) mass is 829 g/mol. The number of carbonyl (C=O) groups is 4. The second-order valence-corrected chi connectivity index (χ2v) is 21.3. The number of aliphatic hydroxyl groups excluding tert-OH is 2. The first-order valence-corrected chi connectivity index (χ1v) is 23.7. The number of nitrogens with one attached hydrogen (secondary N) is 2. The van der Waals surface area contributed by atoms with Gasteiger partial charge in [0.05, 0.1) is 23.0 Å². The lowest BCUT2D eigenvalue weighted by Gasteiger charge is -2.58. The molecule has 4 heterocycles. The Morgan fingerprint density at radius 3 is 1.18 bits per heavy atom. The molecule has 4 aliphatic heterocycles. The molecule has 4 saturated heterocycles. The molecule has 8 aliphatic carbocycles. The van der Waals surface area contributed by atoms with Crippen molar-refractivity contribution < 1.29 is 29.4 Å². The van der Waals surface area contributed by atoms with Crippen LogP contribution >= 0.6 is 0 Å². The standard InChI is InChI=1S/2C23H34N4O3/c2*1-24-18-4-7-26(8-5-18)22(30)27-6-2-3-19(14-27)25-21(29)23-11-15-9-16(12-23)20(28)17(10-15)13-23/h2*15-20,28H,2-14H2,(H,25,29)/t2*15?,16?,17?,19-,20?,23?/m00/s1. The van der Waals surface area contributed by atoms with Crippen LogP contribution in [0.15, 0.2) is 0 Å². The number of carbonyl (C=O) groups excluding carboxylic acids is 4. The topological polar surface area (TPSA) is 154 Å². The molecule has 6 atom stereocenters. The van der Waals surface area contributed by atoms with Gasteiger partial charge in [-0.25, -0.2) is 22.7 Å². The average Bonchev–Trinajstić information content (AvgIpc) is 3.26. The Morgan fingerprint density at radius 2 is 0.850 bits per heavy atom. The molecule has 0 radical (unpaired) electrons. The van der Waals surface area contributed by atoms with Gasteiger partial charge in [0.2, 0.25) is 23.9 Å². The highest BCUT2D eigenvalue weighted by Crippen LogP contribution is 2.61. The quantitative estimate of drug-likeness (QED) is 0.306. The number of aliphatic hydroxyl groups is 2. The number of rotatable bonds is 4.